The largest absolute Gasteiger partial charge is 0.394 e. The van der Waals surface area contributed by atoms with Crippen LogP contribution < -0.4 is 0 Å². The lowest BCUT2D eigenvalue weighted by molar-refractivity contribution is -0.333. The summed E-state index contributed by atoms with van der Waals surface area (Å²) in [4.78, 5) is 11.1. The Hall–Kier alpha value is -0.350. The third-order valence-electron chi connectivity index (χ3n) is 5.76. The van der Waals surface area contributed by atoms with Gasteiger partial charge in [-0.15, -0.1) is 0 Å². The molecule has 2 rings (SSSR count). The molecule has 0 bridgehead atoms. The fraction of sp³-hybridized carbons (Fsp3) is 0.944. The second kappa shape index (κ2) is 13.1. The first-order valence-corrected chi connectivity index (χ1v) is 11.3. The van der Waals surface area contributed by atoms with Crippen molar-refractivity contribution in [3.05, 3.63) is 0 Å². The molecule has 0 aromatic carbocycles. The molecule has 2 saturated heterocycles. The summed E-state index contributed by atoms with van der Waals surface area (Å²) in [6.45, 7) is -2.29. The van der Waals surface area contributed by atoms with Crippen molar-refractivity contribution in [1.29, 1.82) is 0 Å². The predicted molar refractivity (Wildman–Crippen MR) is 112 cm³/mol. The summed E-state index contributed by atoms with van der Waals surface area (Å²) in [5.74, 6) is 0. The molecule has 0 aromatic heterocycles. The smallest absolute Gasteiger partial charge is 0.271 e. The first kappa shape index (κ1) is 31.9. The number of hydrogen-bond donors (Lipinski definition) is 11. The van der Waals surface area contributed by atoms with Gasteiger partial charge in [-0.1, -0.05) is 11.6 Å². The molecule has 14 atom stereocenters. The molecule has 2 fully saturated rings. The Morgan fingerprint density at radius 1 is 0.833 bits per heavy atom. The van der Waals surface area contributed by atoms with Crippen LogP contribution in [0.1, 0.15) is 0 Å². The maximum absolute atomic E-state index is 11.1. The molecule has 2 heterocycles. The second-order valence-electron chi connectivity index (χ2n) is 8.33. The van der Waals surface area contributed by atoms with E-state index in [4.69, 9.17) is 42.1 Å². The summed E-state index contributed by atoms with van der Waals surface area (Å²) < 4.78 is 20.8. The summed E-state index contributed by atoms with van der Waals surface area (Å²) >= 11 is 10.4. The molecule has 36 heavy (non-hydrogen) atoms. The van der Waals surface area contributed by atoms with Crippen LogP contribution in [0, 0.1) is 0 Å². The molecule has 212 valence electrons. The van der Waals surface area contributed by atoms with Gasteiger partial charge in [0.25, 0.3) is 5.24 Å². The fourth-order valence-electron chi connectivity index (χ4n) is 3.43. The molecule has 0 unspecified atom stereocenters. The van der Waals surface area contributed by atoms with E-state index in [1.807, 2.05) is 0 Å². The van der Waals surface area contributed by atoms with Crippen LogP contribution in [-0.2, 0) is 23.7 Å². The number of carbonyl (C=O) groups is 1. The van der Waals surface area contributed by atoms with E-state index in [2.05, 4.69) is 0 Å². The van der Waals surface area contributed by atoms with Gasteiger partial charge in [-0.3, -0.25) is 4.79 Å². The average molecular weight is 573 g/mol. The Labute approximate surface area is 213 Å². The third kappa shape index (κ3) is 6.99. The summed E-state index contributed by atoms with van der Waals surface area (Å²) in [6, 6.07) is 0. The molecule has 0 radical (unpaired) electrons. The molecule has 0 spiro atoms. The fourth-order valence-corrected chi connectivity index (χ4v) is 3.67. The Balaban J connectivity index is 1.98. The molecule has 2 aliphatic heterocycles. The van der Waals surface area contributed by atoms with Crippen molar-refractivity contribution in [2.24, 2.45) is 0 Å². The minimum absolute atomic E-state index is 0.644. The van der Waals surface area contributed by atoms with Crippen molar-refractivity contribution in [2.45, 2.75) is 84.8 Å². The zero-order valence-electron chi connectivity index (χ0n) is 18.3. The lowest BCUT2D eigenvalue weighted by atomic mass is 9.98. The lowest BCUT2D eigenvalue weighted by Crippen LogP contribution is -2.62. The van der Waals surface area contributed by atoms with E-state index in [-0.39, 0.29) is 0 Å². The highest BCUT2D eigenvalue weighted by Gasteiger charge is 2.49. The van der Waals surface area contributed by atoms with Crippen molar-refractivity contribution in [2.75, 3.05) is 19.8 Å². The van der Waals surface area contributed by atoms with Gasteiger partial charge in [0.05, 0.1) is 19.8 Å². The lowest BCUT2D eigenvalue weighted by Gasteiger charge is -2.42. The topological polar surface area (TPSA) is 277 Å². The summed E-state index contributed by atoms with van der Waals surface area (Å²) in [5.41, 5.74) is 0. The van der Waals surface area contributed by atoms with Crippen molar-refractivity contribution in [1.82, 2.24) is 0 Å². The number of rotatable bonds is 11. The van der Waals surface area contributed by atoms with Gasteiger partial charge in [0, 0.05) is 0 Å². The number of aliphatic hydroxyl groups excluding tert-OH is 10. The van der Waals surface area contributed by atoms with Crippen LogP contribution in [0.3, 0.4) is 0 Å². The van der Waals surface area contributed by atoms with E-state index in [0.29, 0.717) is 0 Å². The van der Waals surface area contributed by atoms with Gasteiger partial charge in [-0.05, 0) is 11.6 Å². The highest BCUT2D eigenvalue weighted by Crippen LogP contribution is 2.27. The van der Waals surface area contributed by atoms with Crippen LogP contribution in [-0.4, -0.2) is 166 Å². The van der Waals surface area contributed by atoms with Crippen LogP contribution in [0.15, 0.2) is 0 Å². The molecular formula is C18H30Cl2O16. The van der Waals surface area contributed by atoms with E-state index in [9.17, 15) is 61.0 Å². The van der Waals surface area contributed by atoms with E-state index < -0.39 is 110 Å². The molecule has 0 aliphatic carbocycles. The minimum Gasteiger partial charge on any atom is -0.394 e. The number of ether oxygens (including phenoxy) is 4. The van der Waals surface area contributed by atoms with Crippen LogP contribution in [0.4, 0.5) is 0 Å². The zero-order valence-corrected chi connectivity index (χ0v) is 19.9. The van der Waals surface area contributed by atoms with E-state index in [1.165, 1.54) is 0 Å². The van der Waals surface area contributed by atoms with Crippen LogP contribution in [0.5, 0.6) is 0 Å². The Bertz CT molecular complexity index is 715. The number of hydrogen-bond acceptors (Lipinski definition) is 16. The molecule has 11 N–H and O–H groups in total. The molecule has 0 aromatic rings. The number of aliphatic hydroxyl groups is 11. The molecular weight excluding hydrogens is 543 g/mol. The first-order valence-electron chi connectivity index (χ1n) is 10.5. The number of alkyl halides is 1. The molecule has 2 aliphatic rings. The first-order chi connectivity index (χ1) is 16.6. The number of halogens is 2. The van der Waals surface area contributed by atoms with Gasteiger partial charge in [0.15, 0.2) is 12.6 Å². The van der Waals surface area contributed by atoms with Gasteiger partial charge in [0.2, 0.25) is 5.06 Å². The normalized spacial score (nSPS) is 41.8. The molecule has 18 heteroatoms. The van der Waals surface area contributed by atoms with Gasteiger partial charge in [0.1, 0.15) is 67.1 Å². The second-order valence-corrected chi connectivity index (χ2v) is 9.25. The predicted octanol–water partition coefficient (Wildman–Crippen LogP) is -6.60. The van der Waals surface area contributed by atoms with Crippen LogP contribution in [0.25, 0.3) is 0 Å². The van der Waals surface area contributed by atoms with Gasteiger partial charge < -0.3 is 75.1 Å². The third-order valence-corrected chi connectivity index (χ3v) is 6.54. The Morgan fingerprint density at radius 3 is 1.81 bits per heavy atom. The highest BCUT2D eigenvalue weighted by atomic mass is 35.5. The summed E-state index contributed by atoms with van der Waals surface area (Å²) in [5, 5.41) is 104. The van der Waals surface area contributed by atoms with E-state index in [0.717, 1.165) is 0 Å². The standard InChI is InChI=1S/C18H30Cl2O16/c19-17(31)18(20,32)14(30)7(23)4(22)2-33-15-13(29)11(27)9(25)6(36-15)3-34-16-12(28)10(26)8(24)5(1-21)35-16/h4-16,21-30,32H,1-3H2/t4-,5-,6-,7-,8-,9-,10+,11+,12-,13-,14+,15+,16+,18+/m1/s1. The molecule has 16 nitrogen and oxygen atoms in total. The van der Waals surface area contributed by atoms with Crippen molar-refractivity contribution in [3.8, 4) is 0 Å². The van der Waals surface area contributed by atoms with E-state index in [1.54, 1.807) is 0 Å². The zero-order chi connectivity index (χ0) is 27.5. The van der Waals surface area contributed by atoms with Crippen LogP contribution in [0.2, 0.25) is 0 Å². The average Bonchev–Trinajstić information content (AvgIpc) is 2.84. The maximum atomic E-state index is 11.1. The van der Waals surface area contributed by atoms with Crippen molar-refractivity contribution >= 4 is 28.4 Å². The van der Waals surface area contributed by atoms with Crippen LogP contribution >= 0.6 is 23.2 Å². The van der Waals surface area contributed by atoms with Crippen molar-refractivity contribution in [3.63, 3.8) is 0 Å². The number of carbonyl (C=O) groups excluding carboxylic acids is 1. The summed E-state index contributed by atoms with van der Waals surface area (Å²) in [6.07, 6.45) is -23.6. The SMILES string of the molecule is O=C(Cl)[C@](O)(Cl)[C@@H](O)[C@H](O)[C@H](O)CO[C@H]1O[C@H](CO[C@H]2O[C@H](CO)[C@@H](O)[C@H](O)[C@H]2O)[C@@H](O)[C@H](O)[C@H]1O. The molecule has 0 saturated carbocycles. The quantitative estimate of drug-likeness (QED) is 0.0809. The maximum Gasteiger partial charge on any atom is 0.271 e. The Morgan fingerprint density at radius 2 is 1.31 bits per heavy atom. The monoisotopic (exact) mass is 572 g/mol. The Kier molecular flexibility index (Phi) is 11.6. The van der Waals surface area contributed by atoms with Crippen molar-refractivity contribution < 1.29 is 79.9 Å². The van der Waals surface area contributed by atoms with Gasteiger partial charge in [-0.25, -0.2) is 0 Å². The van der Waals surface area contributed by atoms with Gasteiger partial charge in [-0.2, -0.15) is 0 Å². The van der Waals surface area contributed by atoms with E-state index >= 15 is 0 Å². The minimum atomic E-state index is -3.14. The van der Waals surface area contributed by atoms with Gasteiger partial charge >= 0.3 is 0 Å². The summed E-state index contributed by atoms with van der Waals surface area (Å²) in [7, 11) is 0. The highest BCUT2D eigenvalue weighted by molar-refractivity contribution is 6.70. The molecule has 0 amide bonds.